The fourth-order valence-corrected chi connectivity index (χ4v) is 4.10. The SMILES string of the molecule is Nc1nc2ncc(-c3ccc4c(c3)CN(C(=O)N3CCCCC3)CCO4)cc2[nH]1. The lowest BCUT2D eigenvalue weighted by Gasteiger charge is -2.32. The summed E-state index contributed by atoms with van der Waals surface area (Å²) in [6.07, 6.45) is 5.17. The molecule has 1 aromatic carbocycles. The number of carbonyl (C=O) groups is 1. The van der Waals surface area contributed by atoms with Gasteiger partial charge in [0.1, 0.15) is 12.4 Å². The highest BCUT2D eigenvalue weighted by atomic mass is 16.5. The number of piperidine rings is 1. The van der Waals surface area contributed by atoms with E-state index in [0.29, 0.717) is 31.3 Å². The summed E-state index contributed by atoms with van der Waals surface area (Å²) in [6.45, 7) is 3.35. The van der Waals surface area contributed by atoms with Crippen molar-refractivity contribution in [1.82, 2.24) is 24.8 Å². The van der Waals surface area contributed by atoms with Gasteiger partial charge in [-0.1, -0.05) is 6.07 Å². The minimum absolute atomic E-state index is 0.113. The molecule has 0 aliphatic carbocycles. The molecule has 0 unspecified atom stereocenters. The zero-order chi connectivity index (χ0) is 19.8. The van der Waals surface area contributed by atoms with E-state index < -0.39 is 0 Å². The van der Waals surface area contributed by atoms with Crippen molar-refractivity contribution in [2.75, 3.05) is 32.0 Å². The molecule has 3 aromatic rings. The number of pyridine rings is 1. The number of nitrogens with one attached hydrogen (secondary N) is 1. The molecule has 2 aliphatic rings. The predicted molar refractivity (Wildman–Crippen MR) is 110 cm³/mol. The summed E-state index contributed by atoms with van der Waals surface area (Å²) in [6, 6.07) is 8.18. The Morgan fingerprint density at radius 3 is 2.79 bits per heavy atom. The number of aromatic amines is 1. The molecule has 29 heavy (non-hydrogen) atoms. The second-order valence-corrected chi connectivity index (χ2v) is 7.64. The Morgan fingerprint density at radius 1 is 1.07 bits per heavy atom. The molecule has 0 saturated carbocycles. The Labute approximate surface area is 168 Å². The lowest BCUT2D eigenvalue weighted by Crippen LogP contribution is -2.45. The van der Waals surface area contributed by atoms with E-state index in [9.17, 15) is 4.79 Å². The van der Waals surface area contributed by atoms with Gasteiger partial charge in [0.2, 0.25) is 0 Å². The van der Waals surface area contributed by atoms with E-state index in [1.807, 2.05) is 28.0 Å². The van der Waals surface area contributed by atoms with Gasteiger partial charge in [-0.05, 0) is 43.0 Å². The van der Waals surface area contributed by atoms with E-state index >= 15 is 0 Å². The molecule has 0 atom stereocenters. The van der Waals surface area contributed by atoms with Gasteiger partial charge in [0.05, 0.1) is 18.6 Å². The summed E-state index contributed by atoms with van der Waals surface area (Å²) in [5.74, 6) is 1.19. The Morgan fingerprint density at radius 2 is 1.93 bits per heavy atom. The van der Waals surface area contributed by atoms with Crippen LogP contribution in [0.5, 0.6) is 5.75 Å². The van der Waals surface area contributed by atoms with Crippen molar-refractivity contribution in [3.05, 3.63) is 36.0 Å². The monoisotopic (exact) mass is 392 g/mol. The molecule has 3 N–H and O–H groups in total. The van der Waals surface area contributed by atoms with Gasteiger partial charge in [-0.2, -0.15) is 4.98 Å². The smallest absolute Gasteiger partial charge is 0.320 e. The number of amides is 2. The first-order valence-electron chi connectivity index (χ1n) is 10.1. The fraction of sp³-hybridized carbons (Fsp3) is 0.381. The highest BCUT2D eigenvalue weighted by Gasteiger charge is 2.25. The normalized spacial score (nSPS) is 17.0. The molecule has 8 nitrogen and oxygen atoms in total. The average Bonchev–Trinajstić information content (AvgIpc) is 2.99. The molecule has 150 valence electrons. The maximum atomic E-state index is 13.0. The second-order valence-electron chi connectivity index (χ2n) is 7.64. The van der Waals surface area contributed by atoms with Crippen molar-refractivity contribution in [1.29, 1.82) is 0 Å². The molecule has 0 bridgehead atoms. The topological polar surface area (TPSA) is 100 Å². The first kappa shape index (κ1) is 17.8. The third-order valence-corrected chi connectivity index (χ3v) is 5.63. The van der Waals surface area contributed by atoms with E-state index in [2.05, 4.69) is 21.0 Å². The summed E-state index contributed by atoms with van der Waals surface area (Å²) in [5, 5.41) is 0. The molecule has 5 rings (SSSR count). The minimum atomic E-state index is 0.113. The van der Waals surface area contributed by atoms with Crippen molar-refractivity contribution in [2.45, 2.75) is 25.8 Å². The number of hydrogen-bond acceptors (Lipinski definition) is 5. The number of hydrogen-bond donors (Lipinski definition) is 2. The van der Waals surface area contributed by atoms with Crippen LogP contribution in [0, 0.1) is 0 Å². The van der Waals surface area contributed by atoms with Gasteiger partial charge < -0.3 is 25.3 Å². The zero-order valence-corrected chi connectivity index (χ0v) is 16.2. The third kappa shape index (κ3) is 3.46. The number of fused-ring (bicyclic) bond motifs is 2. The highest BCUT2D eigenvalue weighted by molar-refractivity contribution is 5.80. The Hall–Kier alpha value is -3.29. The third-order valence-electron chi connectivity index (χ3n) is 5.63. The summed E-state index contributed by atoms with van der Waals surface area (Å²) >= 11 is 0. The minimum Gasteiger partial charge on any atom is -0.491 e. The molecule has 8 heteroatoms. The molecule has 1 fully saturated rings. The molecule has 1 saturated heterocycles. The maximum Gasteiger partial charge on any atom is 0.320 e. The van der Waals surface area contributed by atoms with E-state index in [1.165, 1.54) is 6.42 Å². The van der Waals surface area contributed by atoms with Crippen molar-refractivity contribution in [2.24, 2.45) is 0 Å². The number of nitrogens with two attached hydrogens (primary N) is 1. The number of likely N-dealkylation sites (tertiary alicyclic amines) is 1. The molecule has 2 aromatic heterocycles. The fourth-order valence-electron chi connectivity index (χ4n) is 4.10. The molecule has 0 spiro atoms. The van der Waals surface area contributed by atoms with Gasteiger partial charge in [-0.15, -0.1) is 0 Å². The van der Waals surface area contributed by atoms with Crippen molar-refractivity contribution < 1.29 is 9.53 Å². The zero-order valence-electron chi connectivity index (χ0n) is 16.2. The number of nitrogens with zero attached hydrogens (tertiary/aromatic N) is 4. The first-order valence-corrected chi connectivity index (χ1v) is 10.1. The van der Waals surface area contributed by atoms with Crippen LogP contribution in [0.1, 0.15) is 24.8 Å². The van der Waals surface area contributed by atoms with Crippen LogP contribution in [-0.2, 0) is 6.54 Å². The van der Waals surface area contributed by atoms with Gasteiger partial charge >= 0.3 is 6.03 Å². The number of urea groups is 1. The number of anilines is 1. The van der Waals surface area contributed by atoms with Crippen LogP contribution in [0.3, 0.4) is 0 Å². The number of rotatable bonds is 1. The van der Waals surface area contributed by atoms with Crippen LogP contribution < -0.4 is 10.5 Å². The van der Waals surface area contributed by atoms with Crippen molar-refractivity contribution in [3.63, 3.8) is 0 Å². The predicted octanol–water partition coefficient (Wildman–Crippen LogP) is 3.01. The number of carbonyl (C=O) groups excluding carboxylic acids is 1. The van der Waals surface area contributed by atoms with Crippen molar-refractivity contribution >= 4 is 23.1 Å². The van der Waals surface area contributed by atoms with Crippen LogP contribution in [0.2, 0.25) is 0 Å². The molecule has 2 amide bonds. The van der Waals surface area contributed by atoms with E-state index in [4.69, 9.17) is 10.5 Å². The molecule has 0 radical (unpaired) electrons. The summed E-state index contributed by atoms with van der Waals surface area (Å²) in [5.41, 5.74) is 10.1. The van der Waals surface area contributed by atoms with Gasteiger partial charge in [0.15, 0.2) is 11.6 Å². The first-order chi connectivity index (χ1) is 14.2. The maximum absolute atomic E-state index is 13.0. The average molecular weight is 392 g/mol. The van der Waals surface area contributed by atoms with Gasteiger partial charge in [0.25, 0.3) is 0 Å². The molecular weight excluding hydrogens is 368 g/mol. The molecular formula is C21H24N6O2. The lowest BCUT2D eigenvalue weighted by atomic mass is 10.0. The van der Waals surface area contributed by atoms with Crippen LogP contribution in [0.4, 0.5) is 10.7 Å². The van der Waals surface area contributed by atoms with E-state index in [1.54, 1.807) is 6.20 Å². The van der Waals surface area contributed by atoms with Gasteiger partial charge in [0, 0.05) is 30.4 Å². The highest BCUT2D eigenvalue weighted by Crippen LogP contribution is 2.30. The number of benzene rings is 1. The number of aromatic nitrogens is 3. The molecule has 4 heterocycles. The standard InChI is InChI=1S/C21H24N6O2/c22-20-24-17-11-15(12-23-19(17)25-20)14-4-5-18-16(10-14)13-27(8-9-29-18)21(28)26-6-2-1-3-7-26/h4-5,10-12H,1-3,6-9,13H2,(H3,22,23,24,25). The van der Waals surface area contributed by atoms with Gasteiger partial charge in [-0.25, -0.2) is 9.78 Å². The second kappa shape index (κ2) is 7.27. The van der Waals surface area contributed by atoms with Crippen LogP contribution in [0.15, 0.2) is 30.5 Å². The van der Waals surface area contributed by atoms with Crippen LogP contribution in [0.25, 0.3) is 22.3 Å². The summed E-state index contributed by atoms with van der Waals surface area (Å²) in [7, 11) is 0. The van der Waals surface area contributed by atoms with Crippen LogP contribution >= 0.6 is 0 Å². The number of imidazole rings is 1. The Bertz CT molecular complexity index is 1060. The van der Waals surface area contributed by atoms with E-state index in [0.717, 1.165) is 53.9 Å². The molecule has 2 aliphatic heterocycles. The van der Waals surface area contributed by atoms with Gasteiger partial charge in [-0.3, -0.25) is 0 Å². The van der Waals surface area contributed by atoms with E-state index in [-0.39, 0.29) is 6.03 Å². The number of H-pyrrole nitrogens is 1. The summed E-state index contributed by atoms with van der Waals surface area (Å²) in [4.78, 5) is 28.4. The van der Waals surface area contributed by atoms with Crippen LogP contribution in [-0.4, -0.2) is 57.0 Å². The largest absolute Gasteiger partial charge is 0.491 e. The number of nitrogen functional groups attached to an aromatic ring is 1. The quantitative estimate of drug-likeness (QED) is 0.663. The van der Waals surface area contributed by atoms with Crippen molar-refractivity contribution in [3.8, 4) is 16.9 Å². The lowest BCUT2D eigenvalue weighted by molar-refractivity contribution is 0.137. The Kier molecular flexibility index (Phi) is 4.46. The Balaban J connectivity index is 1.43. The summed E-state index contributed by atoms with van der Waals surface area (Å²) < 4.78 is 5.92. The number of ether oxygens (including phenoxy) is 1.